The van der Waals surface area contributed by atoms with E-state index in [0.717, 1.165) is 47.9 Å². The van der Waals surface area contributed by atoms with Crippen molar-refractivity contribution in [2.75, 3.05) is 28.7 Å². The molecular formula is C24H24F3N7O2. The zero-order chi connectivity index (χ0) is 25.6. The molecule has 5 rings (SSSR count). The van der Waals surface area contributed by atoms with Crippen molar-refractivity contribution < 1.29 is 22.7 Å². The van der Waals surface area contributed by atoms with Crippen LogP contribution < -0.4 is 19.9 Å². The molecule has 9 nitrogen and oxygen atoms in total. The molecule has 0 aromatic carbocycles. The molecule has 0 saturated heterocycles. The highest BCUT2D eigenvalue weighted by Gasteiger charge is 2.38. The van der Waals surface area contributed by atoms with Crippen molar-refractivity contribution in [3.05, 3.63) is 53.1 Å². The monoisotopic (exact) mass is 499 g/mol. The molecule has 0 radical (unpaired) electrons. The molecule has 3 aromatic heterocycles. The van der Waals surface area contributed by atoms with E-state index in [2.05, 4.69) is 25.3 Å². The van der Waals surface area contributed by atoms with Gasteiger partial charge >= 0.3 is 6.18 Å². The number of alkyl halides is 3. The minimum Gasteiger partial charge on any atom is -0.437 e. The number of nitrogens with zero attached hydrogens (tertiary/aromatic N) is 6. The van der Waals surface area contributed by atoms with Crippen LogP contribution in [0.15, 0.2) is 30.6 Å². The molecule has 0 bridgehead atoms. The van der Waals surface area contributed by atoms with Gasteiger partial charge in [-0.15, -0.1) is 0 Å². The third-order valence-electron chi connectivity index (χ3n) is 6.32. The van der Waals surface area contributed by atoms with Crippen molar-refractivity contribution in [3.63, 3.8) is 0 Å². The topological polar surface area (TPSA) is 96.4 Å². The Morgan fingerprint density at radius 1 is 1.19 bits per heavy atom. The maximum Gasteiger partial charge on any atom is 0.433 e. The van der Waals surface area contributed by atoms with E-state index in [-0.39, 0.29) is 23.6 Å². The normalized spacial score (nSPS) is 17.2. The lowest BCUT2D eigenvalue weighted by molar-refractivity contribution is -0.141. The van der Waals surface area contributed by atoms with Crippen LogP contribution in [0.25, 0.3) is 0 Å². The molecule has 0 unspecified atom stereocenters. The standard InChI is InChI=1S/C24H24F3N7O2/c1-13-9-15(10-29-21(13)36-16-6-7-18(28-12-16)24(25,26)27)11-30-23-31-17-5-4-8-34-19(17)20(32-23)33(3)14(2)22(34)35/h6-7,9-10,12,14H,4-5,8,11H2,1-3H3,(H,30,31,32)/t14-/m0/s1. The number of carbonyl (C=O) groups excluding carboxylic acids is 1. The Morgan fingerprint density at radius 2 is 2.00 bits per heavy atom. The molecule has 5 heterocycles. The third-order valence-corrected chi connectivity index (χ3v) is 6.32. The maximum atomic E-state index is 12.7. The van der Waals surface area contributed by atoms with Crippen LogP contribution >= 0.6 is 0 Å². The first-order valence-electron chi connectivity index (χ1n) is 11.5. The van der Waals surface area contributed by atoms with Crippen LogP contribution in [0.3, 0.4) is 0 Å². The minimum atomic E-state index is -4.51. The summed E-state index contributed by atoms with van der Waals surface area (Å²) in [5, 5.41) is 3.24. The van der Waals surface area contributed by atoms with Crippen LogP contribution in [0.2, 0.25) is 0 Å². The summed E-state index contributed by atoms with van der Waals surface area (Å²) < 4.78 is 43.7. The van der Waals surface area contributed by atoms with Gasteiger partial charge in [-0.3, -0.25) is 4.79 Å². The highest BCUT2D eigenvalue weighted by Crippen LogP contribution is 2.39. The first-order chi connectivity index (χ1) is 17.1. The van der Waals surface area contributed by atoms with Gasteiger partial charge in [-0.2, -0.15) is 18.2 Å². The number of rotatable bonds is 5. The van der Waals surface area contributed by atoms with E-state index < -0.39 is 11.9 Å². The van der Waals surface area contributed by atoms with Crippen molar-refractivity contribution in [1.82, 2.24) is 19.9 Å². The fourth-order valence-corrected chi connectivity index (χ4v) is 4.30. The number of anilines is 3. The van der Waals surface area contributed by atoms with Crippen LogP contribution in [-0.2, 0) is 23.9 Å². The summed E-state index contributed by atoms with van der Waals surface area (Å²) in [7, 11) is 1.86. The number of hydrogen-bond donors (Lipinski definition) is 1. The Balaban J connectivity index is 1.30. The number of aryl methyl sites for hydroxylation is 2. The Kier molecular flexibility index (Phi) is 5.89. The number of amides is 1. The van der Waals surface area contributed by atoms with Crippen molar-refractivity contribution in [1.29, 1.82) is 0 Å². The number of halogens is 3. The Bertz CT molecular complexity index is 1310. The average molecular weight is 499 g/mol. The quantitative estimate of drug-likeness (QED) is 0.560. The lowest BCUT2D eigenvalue weighted by atomic mass is 10.0. The Morgan fingerprint density at radius 3 is 2.69 bits per heavy atom. The fraction of sp³-hybridized carbons (Fsp3) is 0.375. The molecule has 2 aliphatic rings. The van der Waals surface area contributed by atoms with Gasteiger partial charge in [-0.05, 0) is 50.5 Å². The summed E-state index contributed by atoms with van der Waals surface area (Å²) in [5.41, 5.74) is 2.22. The van der Waals surface area contributed by atoms with Gasteiger partial charge in [-0.1, -0.05) is 0 Å². The number of hydrogen-bond acceptors (Lipinski definition) is 8. The molecule has 12 heteroatoms. The number of carbonyl (C=O) groups is 1. The second-order valence-corrected chi connectivity index (χ2v) is 8.84. The highest BCUT2D eigenvalue weighted by atomic mass is 19.4. The number of likely N-dealkylation sites (N-methyl/N-ethyl adjacent to an activating group) is 1. The molecule has 0 saturated carbocycles. The summed E-state index contributed by atoms with van der Waals surface area (Å²) in [6.07, 6.45) is -0.248. The van der Waals surface area contributed by atoms with E-state index in [0.29, 0.717) is 24.6 Å². The van der Waals surface area contributed by atoms with E-state index in [1.165, 1.54) is 6.07 Å². The highest BCUT2D eigenvalue weighted by molar-refractivity contribution is 6.05. The van der Waals surface area contributed by atoms with E-state index in [4.69, 9.17) is 4.74 Å². The van der Waals surface area contributed by atoms with Crippen LogP contribution in [-0.4, -0.2) is 45.5 Å². The van der Waals surface area contributed by atoms with Crippen molar-refractivity contribution in [2.24, 2.45) is 0 Å². The molecule has 0 fully saturated rings. The molecular weight excluding hydrogens is 475 g/mol. The summed E-state index contributed by atoms with van der Waals surface area (Å²) in [6.45, 7) is 4.74. The first-order valence-corrected chi connectivity index (χ1v) is 11.5. The van der Waals surface area contributed by atoms with Gasteiger partial charge in [0.15, 0.2) is 5.82 Å². The van der Waals surface area contributed by atoms with E-state index in [1.54, 1.807) is 18.0 Å². The predicted molar refractivity (Wildman–Crippen MR) is 126 cm³/mol. The van der Waals surface area contributed by atoms with Gasteiger partial charge in [0, 0.05) is 31.9 Å². The first kappa shape index (κ1) is 23.8. The van der Waals surface area contributed by atoms with E-state index >= 15 is 0 Å². The van der Waals surface area contributed by atoms with Crippen LogP contribution in [0.4, 0.5) is 30.6 Å². The van der Waals surface area contributed by atoms with Crippen LogP contribution in [0.1, 0.15) is 35.9 Å². The molecule has 1 atom stereocenters. The molecule has 188 valence electrons. The smallest absolute Gasteiger partial charge is 0.433 e. The molecule has 36 heavy (non-hydrogen) atoms. The van der Waals surface area contributed by atoms with Gasteiger partial charge in [0.1, 0.15) is 23.2 Å². The molecule has 0 aliphatic carbocycles. The van der Waals surface area contributed by atoms with Gasteiger partial charge < -0.3 is 19.9 Å². The number of nitrogens with one attached hydrogen (secondary N) is 1. The van der Waals surface area contributed by atoms with E-state index in [9.17, 15) is 18.0 Å². The SMILES string of the molecule is Cc1cc(CNc2nc3c4c(n2)N(C)[C@@H](C)C(=O)N4CCC3)cnc1Oc1ccc(C(F)(F)F)nc1. The number of aromatic nitrogens is 4. The molecule has 0 spiro atoms. The maximum absolute atomic E-state index is 12.7. The summed E-state index contributed by atoms with van der Waals surface area (Å²) in [5.74, 6) is 1.69. The van der Waals surface area contributed by atoms with Gasteiger partial charge in [0.05, 0.1) is 11.9 Å². The number of pyridine rings is 2. The van der Waals surface area contributed by atoms with Crippen molar-refractivity contribution in [2.45, 2.75) is 45.5 Å². The molecule has 1 N–H and O–H groups in total. The fourth-order valence-electron chi connectivity index (χ4n) is 4.30. The van der Waals surface area contributed by atoms with Gasteiger partial charge in [-0.25, -0.2) is 15.0 Å². The summed E-state index contributed by atoms with van der Waals surface area (Å²) in [6, 6.07) is 3.63. The largest absolute Gasteiger partial charge is 0.437 e. The summed E-state index contributed by atoms with van der Waals surface area (Å²) in [4.78, 5) is 33.4. The summed E-state index contributed by atoms with van der Waals surface area (Å²) >= 11 is 0. The second kappa shape index (κ2) is 8.92. The minimum absolute atomic E-state index is 0.0613. The second-order valence-electron chi connectivity index (χ2n) is 8.84. The van der Waals surface area contributed by atoms with Crippen LogP contribution in [0.5, 0.6) is 11.6 Å². The van der Waals surface area contributed by atoms with Crippen LogP contribution in [0, 0.1) is 6.92 Å². The lowest BCUT2D eigenvalue weighted by Crippen LogP contribution is -2.53. The Hall–Kier alpha value is -3.96. The number of ether oxygens (including phenoxy) is 1. The molecule has 1 amide bonds. The molecule has 3 aromatic rings. The molecule has 2 aliphatic heterocycles. The zero-order valence-electron chi connectivity index (χ0n) is 19.9. The van der Waals surface area contributed by atoms with Gasteiger partial charge in [0.25, 0.3) is 0 Å². The Labute approximate surface area is 205 Å². The predicted octanol–water partition coefficient (Wildman–Crippen LogP) is 4.12. The van der Waals surface area contributed by atoms with Gasteiger partial charge in [0.2, 0.25) is 17.7 Å². The van der Waals surface area contributed by atoms with Crippen molar-refractivity contribution in [3.8, 4) is 11.6 Å². The average Bonchev–Trinajstić information content (AvgIpc) is 2.85. The zero-order valence-corrected chi connectivity index (χ0v) is 19.9. The lowest BCUT2D eigenvalue weighted by Gasteiger charge is -2.41. The third kappa shape index (κ3) is 4.38. The van der Waals surface area contributed by atoms with E-state index in [1.807, 2.05) is 24.9 Å². The van der Waals surface area contributed by atoms with Crippen molar-refractivity contribution >= 4 is 23.4 Å².